The molecule has 1 N–H and O–H groups in total. The highest BCUT2D eigenvalue weighted by atomic mass is 32.2. The van der Waals surface area contributed by atoms with E-state index in [4.69, 9.17) is 9.47 Å². The summed E-state index contributed by atoms with van der Waals surface area (Å²) in [6, 6.07) is 17.2. The number of ether oxygens (including phenoxy) is 2. The Kier molecular flexibility index (Phi) is 9.97. The van der Waals surface area contributed by atoms with Crippen molar-refractivity contribution in [1.82, 2.24) is 9.62 Å². The lowest BCUT2D eigenvalue weighted by Gasteiger charge is -2.29. The largest absolute Gasteiger partial charge is 0.489 e. The van der Waals surface area contributed by atoms with Crippen LogP contribution < -0.4 is 10.1 Å². The third-order valence-corrected chi connectivity index (χ3v) is 6.91. The number of nitrogens with one attached hydrogen (secondary N) is 1. The van der Waals surface area contributed by atoms with Crippen LogP contribution in [0.25, 0.3) is 0 Å². The van der Waals surface area contributed by atoms with Crippen LogP contribution in [0.3, 0.4) is 0 Å². The van der Waals surface area contributed by atoms with Crippen LogP contribution >= 0.6 is 11.9 Å². The number of hydrogen-bond acceptors (Lipinski definition) is 5. The summed E-state index contributed by atoms with van der Waals surface area (Å²) in [5, 5.41) is 3.83. The summed E-state index contributed by atoms with van der Waals surface area (Å²) in [4.78, 5) is 1.28. The van der Waals surface area contributed by atoms with Crippen molar-refractivity contribution in [3.63, 3.8) is 0 Å². The van der Waals surface area contributed by atoms with Crippen LogP contribution in [0.5, 0.6) is 5.75 Å². The minimum Gasteiger partial charge on any atom is -0.489 e. The Hall–Kier alpha value is -1.95. The van der Waals surface area contributed by atoms with Crippen molar-refractivity contribution in [2.45, 2.75) is 63.5 Å². The summed E-state index contributed by atoms with van der Waals surface area (Å²) in [5.41, 5.74) is 5.61. The molecule has 1 unspecified atom stereocenters. The van der Waals surface area contributed by atoms with Crippen LogP contribution in [-0.2, 0) is 11.3 Å². The minimum absolute atomic E-state index is 0.271. The fraction of sp³-hybridized carbons (Fsp3) is 0.481. The Morgan fingerprint density at radius 2 is 1.84 bits per heavy atom. The van der Waals surface area contributed by atoms with Gasteiger partial charge in [-0.15, -0.1) is 0 Å². The van der Waals surface area contributed by atoms with Gasteiger partial charge in [-0.05, 0) is 79.4 Å². The van der Waals surface area contributed by atoms with Gasteiger partial charge in [0.1, 0.15) is 12.4 Å². The molecule has 4 rings (SSSR count). The average molecular weight is 455 g/mol. The molecule has 0 bridgehead atoms. The van der Waals surface area contributed by atoms with E-state index in [9.17, 15) is 0 Å². The molecule has 1 atom stereocenters. The van der Waals surface area contributed by atoms with E-state index < -0.39 is 0 Å². The van der Waals surface area contributed by atoms with E-state index in [1.165, 1.54) is 47.4 Å². The molecule has 1 aliphatic carbocycles. The molecule has 0 saturated heterocycles. The third kappa shape index (κ3) is 6.31. The van der Waals surface area contributed by atoms with E-state index in [0.717, 1.165) is 25.3 Å². The molecule has 32 heavy (non-hydrogen) atoms. The zero-order valence-electron chi connectivity index (χ0n) is 20.0. The van der Waals surface area contributed by atoms with E-state index in [2.05, 4.69) is 59.1 Å². The van der Waals surface area contributed by atoms with Crippen LogP contribution in [0.2, 0.25) is 0 Å². The van der Waals surface area contributed by atoms with Gasteiger partial charge in [0.25, 0.3) is 0 Å². The van der Waals surface area contributed by atoms with Gasteiger partial charge in [0, 0.05) is 31.4 Å². The normalized spacial score (nSPS) is 17.6. The average Bonchev–Trinajstić information content (AvgIpc) is 2.96. The van der Waals surface area contributed by atoms with E-state index in [1.807, 2.05) is 31.9 Å². The summed E-state index contributed by atoms with van der Waals surface area (Å²) in [6.45, 7) is 6.34. The first kappa shape index (κ1) is 24.7. The molecule has 0 radical (unpaired) electrons. The SMILES string of the molecule is CC.COCCCNC1C2=C(CCCC2)N(C)Sc2cc(OCc3ccccc3)ccc21. The summed E-state index contributed by atoms with van der Waals surface area (Å²) in [5.74, 6) is 0.927. The van der Waals surface area contributed by atoms with Gasteiger partial charge in [-0.3, -0.25) is 0 Å². The molecule has 2 aromatic rings. The van der Waals surface area contributed by atoms with Crippen molar-refractivity contribution < 1.29 is 9.47 Å². The number of rotatable bonds is 8. The monoisotopic (exact) mass is 454 g/mol. The maximum Gasteiger partial charge on any atom is 0.121 e. The number of benzene rings is 2. The standard InChI is InChI=1S/C25H32N2O2S.C2H6/c1-27-23-12-7-6-11-21(23)25(26-15-8-16-28-2)22-14-13-20(17-24(22)30-27)29-18-19-9-4-3-5-10-19;1-2/h3-5,9-10,13-14,17,25-26H,6-8,11-12,15-16,18H2,1-2H3;1-2H3. The van der Waals surface area contributed by atoms with Gasteiger partial charge in [-0.2, -0.15) is 0 Å². The molecule has 2 aromatic carbocycles. The Labute approximate surface area is 198 Å². The maximum atomic E-state index is 6.12. The topological polar surface area (TPSA) is 33.7 Å². The maximum absolute atomic E-state index is 6.12. The number of nitrogens with zero attached hydrogens (tertiary/aromatic N) is 1. The van der Waals surface area contributed by atoms with Gasteiger partial charge in [0.15, 0.2) is 0 Å². The molecule has 2 aliphatic rings. The molecular formula is C27H38N2O2S. The molecule has 0 spiro atoms. The molecule has 5 heteroatoms. The predicted octanol–water partition coefficient (Wildman–Crippen LogP) is 6.74. The first-order valence-corrected chi connectivity index (χ1v) is 12.7. The highest BCUT2D eigenvalue weighted by Gasteiger charge is 2.30. The first-order valence-electron chi connectivity index (χ1n) is 11.9. The fourth-order valence-corrected chi connectivity index (χ4v) is 5.41. The Morgan fingerprint density at radius 3 is 2.62 bits per heavy atom. The summed E-state index contributed by atoms with van der Waals surface area (Å²) < 4.78 is 13.7. The van der Waals surface area contributed by atoms with Crippen molar-refractivity contribution >= 4 is 11.9 Å². The first-order chi connectivity index (χ1) is 15.8. The molecule has 1 heterocycles. The lowest BCUT2D eigenvalue weighted by molar-refractivity contribution is 0.193. The Balaban J connectivity index is 0.00000141. The third-order valence-electron chi connectivity index (χ3n) is 5.86. The van der Waals surface area contributed by atoms with Gasteiger partial charge in [0.2, 0.25) is 0 Å². The summed E-state index contributed by atoms with van der Waals surface area (Å²) >= 11 is 1.83. The van der Waals surface area contributed by atoms with Crippen LogP contribution in [0, 0.1) is 0 Å². The molecule has 174 valence electrons. The second kappa shape index (κ2) is 12.9. The second-order valence-electron chi connectivity index (χ2n) is 7.98. The second-order valence-corrected chi connectivity index (χ2v) is 9.15. The number of methoxy groups -OCH3 is 1. The molecular weight excluding hydrogens is 416 g/mol. The Morgan fingerprint density at radius 1 is 1.06 bits per heavy atom. The van der Waals surface area contributed by atoms with E-state index in [-0.39, 0.29) is 6.04 Å². The lowest BCUT2D eigenvalue weighted by Crippen LogP contribution is -2.27. The predicted molar refractivity (Wildman–Crippen MR) is 135 cm³/mol. The van der Waals surface area contributed by atoms with Crippen molar-refractivity contribution in [1.29, 1.82) is 0 Å². The van der Waals surface area contributed by atoms with Crippen molar-refractivity contribution in [2.75, 3.05) is 27.3 Å². The summed E-state index contributed by atoms with van der Waals surface area (Å²) in [7, 11) is 3.98. The van der Waals surface area contributed by atoms with E-state index >= 15 is 0 Å². The van der Waals surface area contributed by atoms with Gasteiger partial charge in [-0.1, -0.05) is 50.2 Å². The highest BCUT2D eigenvalue weighted by molar-refractivity contribution is 7.97. The fourth-order valence-electron chi connectivity index (χ4n) is 4.33. The van der Waals surface area contributed by atoms with Gasteiger partial charge < -0.3 is 19.1 Å². The van der Waals surface area contributed by atoms with Crippen LogP contribution in [0.15, 0.2) is 64.7 Å². The van der Waals surface area contributed by atoms with Crippen LogP contribution in [0.1, 0.15) is 63.1 Å². The molecule has 0 saturated carbocycles. The Bertz CT molecular complexity index is 869. The van der Waals surface area contributed by atoms with Crippen molar-refractivity contribution in [3.8, 4) is 5.75 Å². The molecule has 0 fully saturated rings. The molecule has 4 nitrogen and oxygen atoms in total. The number of allylic oxidation sites excluding steroid dienone is 1. The van der Waals surface area contributed by atoms with Gasteiger partial charge >= 0.3 is 0 Å². The van der Waals surface area contributed by atoms with Crippen LogP contribution in [-0.4, -0.2) is 31.6 Å². The minimum atomic E-state index is 0.271. The lowest BCUT2D eigenvalue weighted by atomic mass is 9.87. The molecule has 0 aromatic heterocycles. The van der Waals surface area contributed by atoms with E-state index in [0.29, 0.717) is 6.61 Å². The summed E-state index contributed by atoms with van der Waals surface area (Å²) in [6.07, 6.45) is 5.92. The van der Waals surface area contributed by atoms with Crippen molar-refractivity contribution in [2.24, 2.45) is 0 Å². The molecule has 1 aliphatic heterocycles. The zero-order valence-corrected chi connectivity index (χ0v) is 20.8. The number of hydrogen-bond donors (Lipinski definition) is 1. The van der Waals surface area contributed by atoms with Gasteiger partial charge in [0.05, 0.1) is 6.04 Å². The molecule has 0 amide bonds. The smallest absolute Gasteiger partial charge is 0.121 e. The van der Waals surface area contributed by atoms with Crippen LogP contribution in [0.4, 0.5) is 0 Å². The number of fused-ring (bicyclic) bond motifs is 1. The highest BCUT2D eigenvalue weighted by Crippen LogP contribution is 2.46. The van der Waals surface area contributed by atoms with Gasteiger partial charge in [-0.25, -0.2) is 0 Å². The zero-order chi connectivity index (χ0) is 22.8. The quantitative estimate of drug-likeness (QED) is 0.353. The van der Waals surface area contributed by atoms with Crippen molar-refractivity contribution in [3.05, 3.63) is 70.9 Å². The van der Waals surface area contributed by atoms with E-state index in [1.54, 1.807) is 12.7 Å².